The standard InChI is InChI=1S/C36H34F3N3O4/c37-36(38,39)28-7-2-1-6-25(28)32-27(33(46-41-32)22-8-9-22)16-21-19-35(20-21)12-14-42(15-13-35)23-10-11-29-26(17-23)31(45-24-4-3-5-24)18-30(40-29)34(43)44/h1-2,6-7,10-11,16-18,22,24H,3-5,8-9,12-15,19-20H2,(H,43,44). The minimum absolute atomic E-state index is 0.0181. The quantitative estimate of drug-likeness (QED) is 0.218. The summed E-state index contributed by atoms with van der Waals surface area (Å²) in [5, 5.41) is 14.6. The highest BCUT2D eigenvalue weighted by atomic mass is 19.4. The van der Waals surface area contributed by atoms with Gasteiger partial charge < -0.3 is 19.3 Å². The molecule has 238 valence electrons. The Balaban J connectivity index is 1.00. The van der Waals surface area contributed by atoms with Crippen molar-refractivity contribution in [1.82, 2.24) is 10.1 Å². The van der Waals surface area contributed by atoms with Gasteiger partial charge in [0.1, 0.15) is 17.2 Å². The molecule has 1 N–H and O–H groups in total. The molecule has 4 fully saturated rings. The number of aromatic nitrogens is 2. The first-order valence-corrected chi connectivity index (χ1v) is 16.1. The van der Waals surface area contributed by atoms with Crippen molar-refractivity contribution in [1.29, 1.82) is 0 Å². The summed E-state index contributed by atoms with van der Waals surface area (Å²) in [4.78, 5) is 18.4. The highest BCUT2D eigenvalue weighted by molar-refractivity contribution is 5.94. The molecule has 4 aromatic rings. The zero-order valence-corrected chi connectivity index (χ0v) is 25.3. The van der Waals surface area contributed by atoms with Crippen LogP contribution in [0.2, 0.25) is 0 Å². The first-order chi connectivity index (χ1) is 22.2. The first kappa shape index (κ1) is 29.1. The summed E-state index contributed by atoms with van der Waals surface area (Å²) >= 11 is 0. The van der Waals surface area contributed by atoms with Crippen LogP contribution < -0.4 is 9.64 Å². The van der Waals surface area contributed by atoms with Gasteiger partial charge in [0.2, 0.25) is 0 Å². The number of hydrogen-bond acceptors (Lipinski definition) is 6. The van der Waals surface area contributed by atoms with E-state index < -0.39 is 17.7 Å². The SMILES string of the molecule is O=C(O)c1cc(OC2CCC2)c2cc(N3CCC4(CC3)CC(=Cc3c(-c5ccccc5C(F)(F)F)noc3C3CC3)C4)ccc2n1. The van der Waals surface area contributed by atoms with Crippen LogP contribution in [-0.2, 0) is 6.18 Å². The van der Waals surface area contributed by atoms with Crippen molar-refractivity contribution < 1.29 is 32.3 Å². The number of piperidine rings is 1. The van der Waals surface area contributed by atoms with Gasteiger partial charge in [0.05, 0.1) is 17.2 Å². The lowest BCUT2D eigenvalue weighted by molar-refractivity contribution is -0.137. The number of alkyl halides is 3. The zero-order chi connectivity index (χ0) is 31.6. The van der Waals surface area contributed by atoms with Crippen LogP contribution in [-0.4, -0.2) is 40.4 Å². The summed E-state index contributed by atoms with van der Waals surface area (Å²) in [5.41, 5.74) is 3.41. The molecule has 3 saturated carbocycles. The molecule has 1 aliphatic heterocycles. The molecule has 1 saturated heterocycles. The molecule has 2 aromatic carbocycles. The fraction of sp³-hybridized carbons (Fsp3) is 0.417. The van der Waals surface area contributed by atoms with E-state index in [0.717, 1.165) is 88.0 Å². The zero-order valence-electron chi connectivity index (χ0n) is 25.3. The van der Waals surface area contributed by atoms with E-state index >= 15 is 0 Å². The van der Waals surface area contributed by atoms with Crippen molar-refractivity contribution in [2.45, 2.75) is 76.0 Å². The number of nitrogens with zero attached hydrogens (tertiary/aromatic N) is 3. The summed E-state index contributed by atoms with van der Waals surface area (Å²) in [7, 11) is 0. The molecular weight excluding hydrogens is 595 g/mol. The first-order valence-electron chi connectivity index (χ1n) is 16.1. The fourth-order valence-electron chi connectivity index (χ4n) is 7.29. The van der Waals surface area contributed by atoms with Gasteiger partial charge in [0.15, 0.2) is 5.69 Å². The maximum atomic E-state index is 13.9. The topological polar surface area (TPSA) is 88.7 Å². The number of carboxylic acid groups (broad SMARTS) is 1. The third-order valence-corrected chi connectivity index (χ3v) is 10.3. The van der Waals surface area contributed by atoms with Gasteiger partial charge in [-0.1, -0.05) is 28.9 Å². The molecular formula is C36H34F3N3O4. The number of hydrogen-bond donors (Lipinski definition) is 1. The Labute approximate surface area is 264 Å². The minimum atomic E-state index is -4.48. The molecule has 4 aliphatic rings. The Bertz CT molecular complexity index is 1850. The summed E-state index contributed by atoms with van der Waals surface area (Å²) in [6.07, 6.45) is 6.50. The largest absolute Gasteiger partial charge is 0.490 e. The van der Waals surface area contributed by atoms with Gasteiger partial charge in [-0.15, -0.1) is 0 Å². The molecule has 10 heteroatoms. The minimum Gasteiger partial charge on any atom is -0.490 e. The monoisotopic (exact) mass is 629 g/mol. The number of aromatic carboxylic acids is 1. The van der Waals surface area contributed by atoms with Crippen molar-refractivity contribution in [3.63, 3.8) is 0 Å². The van der Waals surface area contributed by atoms with Crippen LogP contribution in [0.5, 0.6) is 5.75 Å². The van der Waals surface area contributed by atoms with Crippen molar-refractivity contribution in [3.8, 4) is 17.0 Å². The Hall–Kier alpha value is -4.34. The second-order valence-electron chi connectivity index (χ2n) is 13.5. The molecule has 2 aromatic heterocycles. The van der Waals surface area contributed by atoms with E-state index in [4.69, 9.17) is 9.26 Å². The van der Waals surface area contributed by atoms with Crippen molar-refractivity contribution in [3.05, 3.63) is 76.7 Å². The van der Waals surface area contributed by atoms with Gasteiger partial charge in [-0.2, -0.15) is 13.2 Å². The van der Waals surface area contributed by atoms with Crippen LogP contribution in [0, 0.1) is 5.41 Å². The number of carbonyl (C=O) groups is 1. The molecule has 3 aliphatic carbocycles. The van der Waals surface area contributed by atoms with E-state index in [-0.39, 0.29) is 34.4 Å². The van der Waals surface area contributed by atoms with Gasteiger partial charge in [0.25, 0.3) is 0 Å². The number of halogens is 3. The molecule has 7 nitrogen and oxygen atoms in total. The van der Waals surface area contributed by atoms with Crippen LogP contribution >= 0.6 is 0 Å². The lowest BCUT2D eigenvalue weighted by Gasteiger charge is -2.50. The predicted octanol–water partition coefficient (Wildman–Crippen LogP) is 8.88. The van der Waals surface area contributed by atoms with Gasteiger partial charge in [0, 0.05) is 47.3 Å². The number of fused-ring (bicyclic) bond motifs is 1. The Morgan fingerprint density at radius 3 is 2.48 bits per heavy atom. The number of anilines is 1. The van der Waals surface area contributed by atoms with Gasteiger partial charge in [-0.25, -0.2) is 9.78 Å². The Morgan fingerprint density at radius 1 is 1.04 bits per heavy atom. The van der Waals surface area contributed by atoms with Crippen LogP contribution in [0.4, 0.5) is 18.9 Å². The molecule has 0 bridgehead atoms. The number of benzene rings is 2. The normalized spacial score (nSPS) is 19.6. The van der Waals surface area contributed by atoms with Gasteiger partial charge in [-0.05, 0) is 93.5 Å². The van der Waals surface area contributed by atoms with Gasteiger partial charge >= 0.3 is 12.1 Å². The molecule has 0 unspecified atom stereocenters. The van der Waals surface area contributed by atoms with Gasteiger partial charge in [-0.3, -0.25) is 0 Å². The average Bonchev–Trinajstić information content (AvgIpc) is 3.77. The second kappa shape index (κ2) is 10.9. The second-order valence-corrected chi connectivity index (χ2v) is 13.5. The summed E-state index contributed by atoms with van der Waals surface area (Å²) in [5.74, 6) is 0.427. The third kappa shape index (κ3) is 5.31. The molecule has 0 atom stereocenters. The molecule has 46 heavy (non-hydrogen) atoms. The molecule has 0 radical (unpaired) electrons. The Morgan fingerprint density at radius 2 is 1.80 bits per heavy atom. The van der Waals surface area contributed by atoms with E-state index in [1.165, 1.54) is 23.8 Å². The Kier molecular flexibility index (Phi) is 6.88. The van der Waals surface area contributed by atoms with Crippen LogP contribution in [0.3, 0.4) is 0 Å². The molecule has 1 spiro atoms. The maximum Gasteiger partial charge on any atom is 0.417 e. The lowest BCUT2D eigenvalue weighted by atomic mass is 9.60. The van der Waals surface area contributed by atoms with Crippen molar-refractivity contribution in [2.24, 2.45) is 5.41 Å². The van der Waals surface area contributed by atoms with E-state index in [9.17, 15) is 23.1 Å². The predicted molar refractivity (Wildman–Crippen MR) is 167 cm³/mol. The number of pyridine rings is 1. The van der Waals surface area contributed by atoms with Crippen LogP contribution in [0.1, 0.15) is 91.1 Å². The maximum absolute atomic E-state index is 13.9. The molecule has 8 rings (SSSR count). The molecule has 0 amide bonds. The smallest absolute Gasteiger partial charge is 0.417 e. The third-order valence-electron chi connectivity index (χ3n) is 10.3. The molecule has 3 heterocycles. The summed E-state index contributed by atoms with van der Waals surface area (Å²) in [6, 6.07) is 13.1. The van der Waals surface area contributed by atoms with Crippen LogP contribution in [0.25, 0.3) is 28.2 Å². The van der Waals surface area contributed by atoms with Crippen LogP contribution in [0.15, 0.2) is 58.6 Å². The van der Waals surface area contributed by atoms with Crippen molar-refractivity contribution in [2.75, 3.05) is 18.0 Å². The fourth-order valence-corrected chi connectivity index (χ4v) is 7.29. The highest BCUT2D eigenvalue weighted by Crippen LogP contribution is 2.55. The number of carboxylic acids is 1. The summed E-state index contributed by atoms with van der Waals surface area (Å²) < 4.78 is 53.5. The highest BCUT2D eigenvalue weighted by Gasteiger charge is 2.44. The lowest BCUT2D eigenvalue weighted by Crippen LogP contribution is -2.44. The summed E-state index contributed by atoms with van der Waals surface area (Å²) in [6.45, 7) is 1.76. The van der Waals surface area contributed by atoms with E-state index in [1.807, 2.05) is 12.1 Å². The number of ether oxygens (including phenoxy) is 1. The average molecular weight is 630 g/mol. The van der Waals surface area contributed by atoms with Crippen molar-refractivity contribution >= 4 is 28.6 Å². The van der Waals surface area contributed by atoms with E-state index in [1.54, 1.807) is 6.07 Å². The van der Waals surface area contributed by atoms with E-state index in [0.29, 0.717) is 22.6 Å². The number of allylic oxidation sites excluding steroid dienone is 1. The number of rotatable bonds is 7. The van der Waals surface area contributed by atoms with E-state index in [2.05, 4.69) is 27.2 Å².